The van der Waals surface area contributed by atoms with Gasteiger partial charge in [-0.2, -0.15) is 11.8 Å². The summed E-state index contributed by atoms with van der Waals surface area (Å²) in [6.45, 7) is 1.55. The van der Waals surface area contributed by atoms with Crippen LogP contribution >= 0.6 is 11.8 Å². The second-order valence-corrected chi connectivity index (χ2v) is 4.21. The van der Waals surface area contributed by atoms with Crippen molar-refractivity contribution in [3.63, 3.8) is 0 Å². The van der Waals surface area contributed by atoms with E-state index in [0.717, 1.165) is 30.4 Å². The maximum absolute atomic E-state index is 5.40. The molecule has 3 N–H and O–H groups in total. The van der Waals surface area contributed by atoms with E-state index in [1.54, 1.807) is 0 Å². The highest BCUT2D eigenvalue weighted by Crippen LogP contribution is 2.27. The number of hydrogen-bond acceptors (Lipinski definition) is 5. The zero-order chi connectivity index (χ0) is 9.80. The third-order valence-corrected chi connectivity index (χ3v) is 3.11. The van der Waals surface area contributed by atoms with Crippen LogP contribution in [0.2, 0.25) is 0 Å². The summed E-state index contributed by atoms with van der Waals surface area (Å²) in [6, 6.07) is 0. The first kappa shape index (κ1) is 9.73. The monoisotopic (exact) mass is 210 g/mol. The molecule has 0 bridgehead atoms. The van der Waals surface area contributed by atoms with E-state index in [9.17, 15) is 0 Å². The van der Waals surface area contributed by atoms with Crippen molar-refractivity contribution in [2.45, 2.75) is 17.9 Å². The third-order valence-electron chi connectivity index (χ3n) is 2.11. The molecule has 0 atom stereocenters. The molecule has 0 spiro atoms. The van der Waals surface area contributed by atoms with Crippen LogP contribution in [0.4, 0.5) is 5.95 Å². The quantitative estimate of drug-likeness (QED) is 0.725. The number of nitrogens with two attached hydrogens (primary N) is 1. The summed E-state index contributed by atoms with van der Waals surface area (Å²) in [4.78, 5) is 8.69. The van der Waals surface area contributed by atoms with E-state index in [2.05, 4.69) is 15.3 Å². The molecule has 4 nitrogen and oxygen atoms in total. The van der Waals surface area contributed by atoms with Crippen LogP contribution < -0.4 is 11.1 Å². The van der Waals surface area contributed by atoms with Crippen LogP contribution in [-0.2, 0) is 11.5 Å². The summed E-state index contributed by atoms with van der Waals surface area (Å²) in [7, 11) is 0. The van der Waals surface area contributed by atoms with Crippen molar-refractivity contribution in [1.82, 2.24) is 9.97 Å². The molecular weight excluding hydrogens is 196 g/mol. The first-order valence-corrected chi connectivity index (χ1v) is 5.92. The number of rotatable bonds is 4. The second-order valence-electron chi connectivity index (χ2n) is 3.23. The molecule has 5 heteroatoms. The van der Waals surface area contributed by atoms with Crippen LogP contribution in [-0.4, -0.2) is 23.1 Å². The lowest BCUT2D eigenvalue weighted by Gasteiger charge is -2.04. The largest absolute Gasteiger partial charge is 0.354 e. The number of nitrogens with one attached hydrogen (secondary N) is 1. The standard InChI is InChI=1S/C9H14N4S/c10-2-1-3-11-9-12-4-7-5-14-6-8(7)13-9/h4H,1-3,5-6,10H2,(H,11,12,13). The van der Waals surface area contributed by atoms with Crippen molar-refractivity contribution in [1.29, 1.82) is 0 Å². The lowest BCUT2D eigenvalue weighted by atomic mass is 10.3. The predicted octanol–water partition coefficient (Wildman–Crippen LogP) is 0.984. The van der Waals surface area contributed by atoms with Gasteiger partial charge in [0.25, 0.3) is 0 Å². The van der Waals surface area contributed by atoms with E-state index in [1.165, 1.54) is 11.3 Å². The van der Waals surface area contributed by atoms with E-state index in [0.29, 0.717) is 6.54 Å². The van der Waals surface area contributed by atoms with Crippen LogP contribution in [0.3, 0.4) is 0 Å². The number of aromatic nitrogens is 2. The van der Waals surface area contributed by atoms with Crippen LogP contribution in [0.15, 0.2) is 6.20 Å². The number of hydrogen-bond donors (Lipinski definition) is 2. The minimum absolute atomic E-state index is 0.702. The van der Waals surface area contributed by atoms with Gasteiger partial charge in [-0.05, 0) is 13.0 Å². The molecule has 2 heterocycles. The highest BCUT2D eigenvalue weighted by Gasteiger charge is 2.13. The number of nitrogens with zero attached hydrogens (tertiary/aromatic N) is 2. The average Bonchev–Trinajstić information content (AvgIpc) is 2.65. The zero-order valence-corrected chi connectivity index (χ0v) is 8.81. The first-order chi connectivity index (χ1) is 6.90. The molecule has 1 aliphatic heterocycles. The van der Waals surface area contributed by atoms with Gasteiger partial charge >= 0.3 is 0 Å². The summed E-state index contributed by atoms with van der Waals surface area (Å²) in [6.07, 6.45) is 2.88. The first-order valence-electron chi connectivity index (χ1n) is 4.76. The lowest BCUT2D eigenvalue weighted by Crippen LogP contribution is -2.11. The van der Waals surface area contributed by atoms with Crippen molar-refractivity contribution in [3.8, 4) is 0 Å². The van der Waals surface area contributed by atoms with E-state index < -0.39 is 0 Å². The Morgan fingerprint density at radius 3 is 3.29 bits per heavy atom. The summed E-state index contributed by atoms with van der Waals surface area (Å²) in [5, 5.41) is 3.16. The molecule has 0 fully saturated rings. The topological polar surface area (TPSA) is 63.8 Å². The van der Waals surface area contributed by atoms with Gasteiger partial charge in [0.05, 0.1) is 5.69 Å². The fraction of sp³-hybridized carbons (Fsp3) is 0.556. The van der Waals surface area contributed by atoms with Crippen molar-refractivity contribution < 1.29 is 0 Å². The van der Waals surface area contributed by atoms with Gasteiger partial charge in [-0.25, -0.2) is 9.97 Å². The van der Waals surface area contributed by atoms with Crippen molar-refractivity contribution in [2.24, 2.45) is 5.73 Å². The fourth-order valence-electron chi connectivity index (χ4n) is 1.33. The maximum atomic E-state index is 5.40. The molecule has 76 valence electrons. The molecule has 1 aliphatic rings. The molecule has 1 aromatic heterocycles. The van der Waals surface area contributed by atoms with Crippen LogP contribution in [0, 0.1) is 0 Å². The molecule has 1 aromatic rings. The Morgan fingerprint density at radius 2 is 2.43 bits per heavy atom. The number of fused-ring (bicyclic) bond motifs is 1. The highest BCUT2D eigenvalue weighted by molar-refractivity contribution is 7.98. The van der Waals surface area contributed by atoms with E-state index >= 15 is 0 Å². The minimum Gasteiger partial charge on any atom is -0.354 e. The van der Waals surface area contributed by atoms with Gasteiger partial charge in [-0.3, -0.25) is 0 Å². The highest BCUT2D eigenvalue weighted by atomic mass is 32.2. The Hall–Kier alpha value is -0.810. The third kappa shape index (κ3) is 2.16. The lowest BCUT2D eigenvalue weighted by molar-refractivity contribution is 0.861. The summed E-state index contributed by atoms with van der Waals surface area (Å²) in [5.41, 5.74) is 7.86. The summed E-state index contributed by atoms with van der Waals surface area (Å²) < 4.78 is 0. The van der Waals surface area contributed by atoms with Gasteiger partial charge in [-0.1, -0.05) is 0 Å². The second kappa shape index (κ2) is 4.61. The smallest absolute Gasteiger partial charge is 0.222 e. The van der Waals surface area contributed by atoms with Gasteiger partial charge in [0.2, 0.25) is 5.95 Å². The maximum Gasteiger partial charge on any atom is 0.222 e. The molecule has 0 radical (unpaired) electrons. The van der Waals surface area contributed by atoms with Gasteiger partial charge in [0.1, 0.15) is 0 Å². The Kier molecular flexibility index (Phi) is 3.21. The molecular formula is C9H14N4S. The molecule has 0 aliphatic carbocycles. The Balaban J connectivity index is 1.98. The Labute approximate surface area is 87.7 Å². The van der Waals surface area contributed by atoms with E-state index in [1.807, 2.05) is 18.0 Å². The zero-order valence-electron chi connectivity index (χ0n) is 7.99. The van der Waals surface area contributed by atoms with E-state index in [4.69, 9.17) is 5.73 Å². The van der Waals surface area contributed by atoms with Gasteiger partial charge in [-0.15, -0.1) is 0 Å². The van der Waals surface area contributed by atoms with E-state index in [-0.39, 0.29) is 0 Å². The van der Waals surface area contributed by atoms with Crippen molar-refractivity contribution in [3.05, 3.63) is 17.5 Å². The molecule has 0 saturated heterocycles. The number of thioether (sulfide) groups is 1. The van der Waals surface area contributed by atoms with Crippen LogP contribution in [0.25, 0.3) is 0 Å². The molecule has 0 aromatic carbocycles. The van der Waals surface area contributed by atoms with Gasteiger partial charge in [0.15, 0.2) is 0 Å². The number of anilines is 1. The van der Waals surface area contributed by atoms with Gasteiger partial charge in [0, 0.05) is 29.8 Å². The fourth-order valence-corrected chi connectivity index (χ4v) is 2.34. The van der Waals surface area contributed by atoms with Crippen molar-refractivity contribution in [2.75, 3.05) is 18.4 Å². The Morgan fingerprint density at radius 1 is 1.50 bits per heavy atom. The van der Waals surface area contributed by atoms with Crippen molar-refractivity contribution >= 4 is 17.7 Å². The molecule has 0 amide bonds. The van der Waals surface area contributed by atoms with Crippen LogP contribution in [0.5, 0.6) is 0 Å². The predicted molar refractivity (Wildman–Crippen MR) is 59.2 cm³/mol. The molecule has 0 unspecified atom stereocenters. The molecule has 0 saturated carbocycles. The molecule has 14 heavy (non-hydrogen) atoms. The average molecular weight is 210 g/mol. The van der Waals surface area contributed by atoms with Crippen LogP contribution in [0.1, 0.15) is 17.7 Å². The minimum atomic E-state index is 0.702. The summed E-state index contributed by atoms with van der Waals surface area (Å²) >= 11 is 1.89. The van der Waals surface area contributed by atoms with Gasteiger partial charge < -0.3 is 11.1 Å². The Bertz CT molecular complexity index is 316. The molecule has 2 rings (SSSR count). The SMILES string of the molecule is NCCCNc1ncc2c(n1)CSC2. The summed E-state index contributed by atoms with van der Waals surface area (Å²) in [5.74, 6) is 2.81. The normalized spacial score (nSPS) is 14.1.